The van der Waals surface area contributed by atoms with Crippen molar-refractivity contribution in [2.75, 3.05) is 6.26 Å². The number of hydrogen-bond donors (Lipinski definition) is 0. The fourth-order valence-electron chi connectivity index (χ4n) is 1.43. The van der Waals surface area contributed by atoms with Crippen molar-refractivity contribution >= 4 is 47.3 Å². The van der Waals surface area contributed by atoms with E-state index in [1.165, 1.54) is 39.8 Å². The van der Waals surface area contributed by atoms with Crippen molar-refractivity contribution in [2.24, 2.45) is 0 Å². The van der Waals surface area contributed by atoms with Crippen LogP contribution in [0.1, 0.15) is 41.5 Å². The third-order valence-electron chi connectivity index (χ3n) is 1.96. The standard InChI is InChI=1S/C13H21NO2S3/c1-12(2,3)18-8-9(19-13(4,5)6)11(16)14(17-7)10(8)15/h1-7H3. The van der Waals surface area contributed by atoms with Gasteiger partial charge in [-0.25, -0.2) is 4.31 Å². The quantitative estimate of drug-likeness (QED) is 0.582. The van der Waals surface area contributed by atoms with Gasteiger partial charge < -0.3 is 0 Å². The molecule has 0 bridgehead atoms. The van der Waals surface area contributed by atoms with Crippen molar-refractivity contribution in [2.45, 2.75) is 51.0 Å². The molecule has 3 nitrogen and oxygen atoms in total. The molecular weight excluding hydrogens is 298 g/mol. The van der Waals surface area contributed by atoms with E-state index in [0.29, 0.717) is 9.81 Å². The summed E-state index contributed by atoms with van der Waals surface area (Å²) in [5, 5.41) is 0. The van der Waals surface area contributed by atoms with Crippen molar-refractivity contribution in [3.63, 3.8) is 0 Å². The molecule has 0 N–H and O–H groups in total. The van der Waals surface area contributed by atoms with E-state index in [-0.39, 0.29) is 21.3 Å². The Morgan fingerprint density at radius 1 is 0.789 bits per heavy atom. The first-order valence-corrected chi connectivity index (χ1v) is 8.83. The summed E-state index contributed by atoms with van der Waals surface area (Å²) in [6, 6.07) is 0. The van der Waals surface area contributed by atoms with E-state index in [9.17, 15) is 9.59 Å². The van der Waals surface area contributed by atoms with E-state index < -0.39 is 0 Å². The molecule has 0 atom stereocenters. The van der Waals surface area contributed by atoms with Crippen LogP contribution in [0.25, 0.3) is 0 Å². The van der Waals surface area contributed by atoms with Crippen LogP contribution in [0.4, 0.5) is 0 Å². The monoisotopic (exact) mass is 319 g/mol. The number of carbonyl (C=O) groups excluding carboxylic acids is 2. The van der Waals surface area contributed by atoms with Gasteiger partial charge in [-0.1, -0.05) is 41.5 Å². The van der Waals surface area contributed by atoms with Gasteiger partial charge >= 0.3 is 0 Å². The summed E-state index contributed by atoms with van der Waals surface area (Å²) < 4.78 is 1.06. The van der Waals surface area contributed by atoms with Crippen LogP contribution in [0.3, 0.4) is 0 Å². The van der Waals surface area contributed by atoms with Gasteiger partial charge in [0.05, 0.1) is 9.81 Å². The molecule has 0 fully saturated rings. The van der Waals surface area contributed by atoms with Crippen LogP contribution in [0.2, 0.25) is 0 Å². The molecule has 108 valence electrons. The smallest absolute Gasteiger partial charge is 0.267 e. The maximum atomic E-state index is 12.3. The minimum atomic E-state index is -0.177. The maximum Gasteiger partial charge on any atom is 0.278 e. The molecule has 0 aromatic heterocycles. The van der Waals surface area contributed by atoms with Crippen LogP contribution in [0.5, 0.6) is 0 Å². The first-order valence-electron chi connectivity index (χ1n) is 6.01. The summed E-state index contributed by atoms with van der Waals surface area (Å²) in [6.45, 7) is 12.3. The Morgan fingerprint density at radius 2 is 1.11 bits per heavy atom. The van der Waals surface area contributed by atoms with Gasteiger partial charge in [0.1, 0.15) is 0 Å². The van der Waals surface area contributed by atoms with Crippen molar-refractivity contribution in [1.82, 2.24) is 4.31 Å². The topological polar surface area (TPSA) is 37.4 Å². The molecule has 0 unspecified atom stereocenters. The zero-order chi connectivity index (χ0) is 15.0. The summed E-state index contributed by atoms with van der Waals surface area (Å²) >= 11 is 4.13. The molecule has 0 aromatic rings. The van der Waals surface area contributed by atoms with Gasteiger partial charge in [-0.2, -0.15) is 0 Å². The molecule has 0 radical (unpaired) electrons. The normalized spacial score (nSPS) is 17.7. The molecule has 1 aliphatic heterocycles. The number of rotatable bonds is 3. The SMILES string of the molecule is CSN1C(=O)C(SC(C)(C)C)=C(SC(C)(C)C)C1=O. The van der Waals surface area contributed by atoms with E-state index in [0.717, 1.165) is 0 Å². The number of thioether (sulfide) groups is 2. The molecule has 19 heavy (non-hydrogen) atoms. The number of imide groups is 1. The third kappa shape index (κ3) is 4.46. The molecule has 2 amide bonds. The minimum Gasteiger partial charge on any atom is -0.267 e. The lowest BCUT2D eigenvalue weighted by Crippen LogP contribution is -2.24. The average molecular weight is 320 g/mol. The Kier molecular flexibility index (Phi) is 5.13. The number of nitrogens with zero attached hydrogens (tertiary/aromatic N) is 1. The Hall–Kier alpha value is -0.0700. The van der Waals surface area contributed by atoms with Gasteiger partial charge in [-0.3, -0.25) is 9.59 Å². The maximum absolute atomic E-state index is 12.3. The lowest BCUT2D eigenvalue weighted by molar-refractivity contribution is -0.130. The molecule has 6 heteroatoms. The molecule has 1 rings (SSSR count). The highest BCUT2D eigenvalue weighted by Crippen LogP contribution is 2.46. The van der Waals surface area contributed by atoms with Gasteiger partial charge in [0, 0.05) is 15.7 Å². The van der Waals surface area contributed by atoms with E-state index >= 15 is 0 Å². The highest BCUT2D eigenvalue weighted by atomic mass is 32.2. The van der Waals surface area contributed by atoms with E-state index in [1.807, 2.05) is 41.5 Å². The molecule has 1 heterocycles. The molecule has 0 saturated carbocycles. The van der Waals surface area contributed by atoms with Crippen molar-refractivity contribution in [3.8, 4) is 0 Å². The summed E-state index contributed by atoms with van der Waals surface area (Å²) in [6.07, 6.45) is 1.75. The van der Waals surface area contributed by atoms with Crippen LogP contribution >= 0.6 is 35.5 Å². The second-order valence-corrected chi connectivity index (χ2v) is 10.6. The lowest BCUT2D eigenvalue weighted by atomic mass is 10.3. The van der Waals surface area contributed by atoms with Crippen LogP contribution in [-0.4, -0.2) is 31.9 Å². The van der Waals surface area contributed by atoms with Gasteiger partial charge in [0.2, 0.25) is 0 Å². The van der Waals surface area contributed by atoms with Crippen LogP contribution in [-0.2, 0) is 9.59 Å². The van der Waals surface area contributed by atoms with E-state index in [4.69, 9.17) is 0 Å². The predicted octanol–water partition coefficient (Wildman–Crippen LogP) is 3.91. The number of carbonyl (C=O) groups is 2. The predicted molar refractivity (Wildman–Crippen MR) is 87.1 cm³/mol. The first kappa shape index (κ1) is 17.0. The summed E-state index contributed by atoms with van der Waals surface area (Å²) in [7, 11) is 0. The fraction of sp³-hybridized carbons (Fsp3) is 0.692. The van der Waals surface area contributed by atoms with Crippen LogP contribution in [0.15, 0.2) is 9.81 Å². The van der Waals surface area contributed by atoms with Crippen LogP contribution < -0.4 is 0 Å². The highest BCUT2D eigenvalue weighted by molar-refractivity contribution is 8.09. The molecule has 0 aliphatic carbocycles. The van der Waals surface area contributed by atoms with Gasteiger partial charge in [-0.05, 0) is 11.9 Å². The fourth-order valence-corrected chi connectivity index (χ4v) is 4.25. The molecular formula is C13H21NO2S3. The summed E-state index contributed by atoms with van der Waals surface area (Å²) in [5.41, 5.74) is 0. The lowest BCUT2D eigenvalue weighted by Gasteiger charge is -2.20. The van der Waals surface area contributed by atoms with Crippen LogP contribution in [0, 0.1) is 0 Å². The first-order chi connectivity index (χ1) is 8.46. The zero-order valence-electron chi connectivity index (χ0n) is 12.5. The van der Waals surface area contributed by atoms with Crippen molar-refractivity contribution in [1.29, 1.82) is 0 Å². The Labute approximate surface area is 128 Å². The van der Waals surface area contributed by atoms with Crippen molar-refractivity contribution in [3.05, 3.63) is 9.81 Å². The second kappa shape index (κ2) is 5.74. The van der Waals surface area contributed by atoms with E-state index in [2.05, 4.69) is 0 Å². The minimum absolute atomic E-state index is 0.0939. The number of hydrogen-bond acceptors (Lipinski definition) is 5. The second-order valence-electron chi connectivity index (χ2n) is 6.17. The summed E-state index contributed by atoms with van der Waals surface area (Å²) in [5.74, 6) is -0.353. The third-order valence-corrected chi connectivity index (χ3v) is 5.18. The Bertz CT molecular complexity index is 392. The van der Waals surface area contributed by atoms with Crippen molar-refractivity contribution < 1.29 is 9.59 Å². The Morgan fingerprint density at radius 3 is 1.32 bits per heavy atom. The molecule has 0 saturated heterocycles. The van der Waals surface area contributed by atoms with Gasteiger partial charge in [0.15, 0.2) is 0 Å². The molecule has 0 spiro atoms. The highest BCUT2D eigenvalue weighted by Gasteiger charge is 2.41. The van der Waals surface area contributed by atoms with E-state index in [1.54, 1.807) is 6.26 Å². The molecule has 0 aromatic carbocycles. The summed E-state index contributed by atoms with van der Waals surface area (Å²) in [4.78, 5) is 25.8. The molecule has 1 aliphatic rings. The Balaban J connectivity index is 3.18. The number of amides is 2. The average Bonchev–Trinajstić information content (AvgIpc) is 2.38. The van der Waals surface area contributed by atoms with Gasteiger partial charge in [0.25, 0.3) is 11.8 Å². The largest absolute Gasteiger partial charge is 0.278 e. The van der Waals surface area contributed by atoms with Gasteiger partial charge in [-0.15, -0.1) is 23.5 Å². The zero-order valence-corrected chi connectivity index (χ0v) is 14.9.